The minimum atomic E-state index is -1.71. The predicted molar refractivity (Wildman–Crippen MR) is 77.2 cm³/mol. The van der Waals surface area contributed by atoms with E-state index in [9.17, 15) is 9.18 Å². The minimum absolute atomic E-state index is 0.234. The largest absolute Gasteiger partial charge is 0.335 e. The molecule has 0 atom stereocenters. The van der Waals surface area contributed by atoms with Crippen LogP contribution in [0.1, 0.15) is 37.8 Å². The van der Waals surface area contributed by atoms with E-state index in [1.165, 1.54) is 5.56 Å². The Hall–Kier alpha value is -1.03. The summed E-state index contributed by atoms with van der Waals surface area (Å²) < 4.78 is 14.5. The van der Waals surface area contributed by atoms with E-state index in [-0.39, 0.29) is 18.7 Å². The standard InChI is InChI=1S/C15H20FNOS/c1-3-15(16,4-2)14(18)17-8-7-11-5-6-13(19)9-12(11)10-17/h5-6,9,19H,3-4,7-8,10H2,1-2H3. The van der Waals surface area contributed by atoms with Crippen molar-refractivity contribution < 1.29 is 9.18 Å². The van der Waals surface area contributed by atoms with Crippen LogP contribution >= 0.6 is 12.6 Å². The van der Waals surface area contributed by atoms with Gasteiger partial charge in [0, 0.05) is 18.0 Å². The van der Waals surface area contributed by atoms with Gasteiger partial charge >= 0.3 is 0 Å². The zero-order chi connectivity index (χ0) is 14.0. The summed E-state index contributed by atoms with van der Waals surface area (Å²) in [6.07, 6.45) is 1.26. The molecule has 0 unspecified atom stereocenters. The molecule has 1 heterocycles. The molecule has 19 heavy (non-hydrogen) atoms. The van der Waals surface area contributed by atoms with E-state index in [2.05, 4.69) is 12.6 Å². The summed E-state index contributed by atoms with van der Waals surface area (Å²) in [5.74, 6) is -0.368. The molecular weight excluding hydrogens is 261 g/mol. The third-order valence-electron chi connectivity index (χ3n) is 3.99. The molecule has 0 aromatic heterocycles. The highest BCUT2D eigenvalue weighted by Gasteiger charge is 2.39. The number of benzene rings is 1. The SMILES string of the molecule is CCC(F)(CC)C(=O)N1CCc2ccc(S)cc2C1. The summed E-state index contributed by atoms with van der Waals surface area (Å²) in [5, 5.41) is 0. The molecule has 2 nitrogen and oxygen atoms in total. The van der Waals surface area contributed by atoms with Gasteiger partial charge in [-0.25, -0.2) is 4.39 Å². The number of hydrogen-bond donors (Lipinski definition) is 1. The Morgan fingerprint density at radius 3 is 2.68 bits per heavy atom. The van der Waals surface area contributed by atoms with E-state index in [1.54, 1.807) is 18.7 Å². The van der Waals surface area contributed by atoms with Gasteiger partial charge in [0.05, 0.1) is 0 Å². The minimum Gasteiger partial charge on any atom is -0.335 e. The first-order chi connectivity index (χ1) is 9.00. The van der Waals surface area contributed by atoms with E-state index in [1.807, 2.05) is 18.2 Å². The second kappa shape index (κ2) is 5.53. The third-order valence-corrected chi connectivity index (χ3v) is 4.27. The van der Waals surface area contributed by atoms with Crippen LogP contribution in [-0.2, 0) is 17.8 Å². The van der Waals surface area contributed by atoms with Crippen molar-refractivity contribution in [3.05, 3.63) is 29.3 Å². The third kappa shape index (κ3) is 2.78. The van der Waals surface area contributed by atoms with Crippen molar-refractivity contribution in [1.82, 2.24) is 4.90 Å². The average Bonchev–Trinajstić information content (AvgIpc) is 2.44. The number of hydrogen-bond acceptors (Lipinski definition) is 2. The van der Waals surface area contributed by atoms with Crippen LogP contribution in [0.3, 0.4) is 0 Å². The molecule has 0 saturated heterocycles. The number of thiol groups is 1. The van der Waals surface area contributed by atoms with Gasteiger partial charge in [-0.15, -0.1) is 12.6 Å². The number of fused-ring (bicyclic) bond motifs is 1. The number of carbonyl (C=O) groups is 1. The van der Waals surface area contributed by atoms with Gasteiger partial charge in [-0.1, -0.05) is 19.9 Å². The van der Waals surface area contributed by atoms with Crippen molar-refractivity contribution in [2.24, 2.45) is 0 Å². The highest BCUT2D eigenvalue weighted by atomic mass is 32.1. The predicted octanol–water partition coefficient (Wildman–Crippen LogP) is 3.39. The molecule has 1 aliphatic rings. The molecule has 4 heteroatoms. The quantitative estimate of drug-likeness (QED) is 0.842. The Morgan fingerprint density at radius 2 is 2.05 bits per heavy atom. The summed E-state index contributed by atoms with van der Waals surface area (Å²) >= 11 is 4.32. The molecule has 0 saturated carbocycles. The van der Waals surface area contributed by atoms with Crippen molar-refractivity contribution in [3.63, 3.8) is 0 Å². The van der Waals surface area contributed by atoms with Crippen molar-refractivity contribution in [2.45, 2.75) is 50.2 Å². The lowest BCUT2D eigenvalue weighted by molar-refractivity contribution is -0.145. The smallest absolute Gasteiger partial charge is 0.260 e. The fourth-order valence-corrected chi connectivity index (χ4v) is 2.78. The van der Waals surface area contributed by atoms with Gasteiger partial charge in [0.15, 0.2) is 5.67 Å². The lowest BCUT2D eigenvalue weighted by Gasteiger charge is -2.34. The zero-order valence-electron chi connectivity index (χ0n) is 11.4. The Labute approximate surface area is 119 Å². The topological polar surface area (TPSA) is 20.3 Å². The van der Waals surface area contributed by atoms with Crippen LogP contribution in [0.15, 0.2) is 23.1 Å². The average molecular weight is 281 g/mol. The molecule has 0 bridgehead atoms. The van der Waals surface area contributed by atoms with Crippen LogP contribution in [0.5, 0.6) is 0 Å². The summed E-state index contributed by atoms with van der Waals surface area (Å²) in [7, 11) is 0. The number of amides is 1. The fraction of sp³-hybridized carbons (Fsp3) is 0.533. The molecule has 0 radical (unpaired) electrons. The Balaban J connectivity index is 2.20. The number of halogens is 1. The number of carbonyl (C=O) groups excluding carboxylic acids is 1. The van der Waals surface area contributed by atoms with Crippen LogP contribution in [-0.4, -0.2) is 23.0 Å². The summed E-state index contributed by atoms with van der Waals surface area (Å²) in [6, 6.07) is 5.97. The van der Waals surface area contributed by atoms with Gasteiger partial charge in [-0.3, -0.25) is 4.79 Å². The Kier molecular flexibility index (Phi) is 4.19. The molecule has 1 aromatic carbocycles. The maximum Gasteiger partial charge on any atom is 0.260 e. The fourth-order valence-electron chi connectivity index (χ4n) is 2.55. The van der Waals surface area contributed by atoms with E-state index >= 15 is 0 Å². The molecule has 2 rings (SSSR count). The van der Waals surface area contributed by atoms with Gasteiger partial charge in [-0.2, -0.15) is 0 Å². The summed E-state index contributed by atoms with van der Waals surface area (Å²) in [5.41, 5.74) is 0.608. The van der Waals surface area contributed by atoms with Crippen molar-refractivity contribution in [3.8, 4) is 0 Å². The molecule has 0 fully saturated rings. The first-order valence-electron chi connectivity index (χ1n) is 6.79. The van der Waals surface area contributed by atoms with E-state index in [0.29, 0.717) is 13.1 Å². The van der Waals surface area contributed by atoms with E-state index in [4.69, 9.17) is 0 Å². The zero-order valence-corrected chi connectivity index (χ0v) is 12.3. The maximum absolute atomic E-state index is 14.5. The normalized spacial score (nSPS) is 15.3. The Bertz CT molecular complexity index is 485. The first-order valence-corrected chi connectivity index (χ1v) is 7.24. The molecular formula is C15H20FNOS. The number of nitrogens with zero attached hydrogens (tertiary/aromatic N) is 1. The van der Waals surface area contributed by atoms with Crippen LogP contribution in [0.4, 0.5) is 4.39 Å². The van der Waals surface area contributed by atoms with Gasteiger partial charge < -0.3 is 4.90 Å². The summed E-state index contributed by atoms with van der Waals surface area (Å²) in [6.45, 7) is 4.55. The van der Waals surface area contributed by atoms with E-state index in [0.717, 1.165) is 16.9 Å². The van der Waals surface area contributed by atoms with Gasteiger partial charge in [0.25, 0.3) is 5.91 Å². The van der Waals surface area contributed by atoms with Crippen LogP contribution in [0, 0.1) is 0 Å². The number of rotatable bonds is 3. The molecule has 1 aromatic rings. The maximum atomic E-state index is 14.5. The highest BCUT2D eigenvalue weighted by Crippen LogP contribution is 2.28. The van der Waals surface area contributed by atoms with Crippen molar-refractivity contribution in [1.29, 1.82) is 0 Å². The second-order valence-electron chi connectivity index (χ2n) is 5.10. The molecule has 0 aliphatic carbocycles. The first kappa shape index (κ1) is 14.4. The second-order valence-corrected chi connectivity index (χ2v) is 5.62. The van der Waals surface area contributed by atoms with Gasteiger partial charge in [-0.05, 0) is 42.5 Å². The Morgan fingerprint density at radius 1 is 1.37 bits per heavy atom. The molecule has 1 amide bonds. The van der Waals surface area contributed by atoms with Crippen molar-refractivity contribution >= 4 is 18.5 Å². The molecule has 1 aliphatic heterocycles. The molecule has 0 N–H and O–H groups in total. The van der Waals surface area contributed by atoms with Crippen LogP contribution in [0.2, 0.25) is 0 Å². The highest BCUT2D eigenvalue weighted by molar-refractivity contribution is 7.80. The molecule has 104 valence electrons. The molecule has 0 spiro atoms. The lowest BCUT2D eigenvalue weighted by atomic mass is 9.94. The number of alkyl halides is 1. The van der Waals surface area contributed by atoms with Crippen LogP contribution in [0.25, 0.3) is 0 Å². The lowest BCUT2D eigenvalue weighted by Crippen LogP contribution is -2.47. The van der Waals surface area contributed by atoms with Gasteiger partial charge in [0.1, 0.15) is 0 Å². The van der Waals surface area contributed by atoms with E-state index < -0.39 is 5.67 Å². The van der Waals surface area contributed by atoms with Crippen molar-refractivity contribution in [2.75, 3.05) is 6.54 Å². The monoisotopic (exact) mass is 281 g/mol. The van der Waals surface area contributed by atoms with Crippen LogP contribution < -0.4 is 0 Å². The van der Waals surface area contributed by atoms with Gasteiger partial charge in [0.2, 0.25) is 0 Å². The summed E-state index contributed by atoms with van der Waals surface area (Å²) in [4.78, 5) is 14.8.